The van der Waals surface area contributed by atoms with E-state index in [-0.39, 0.29) is 0 Å². The van der Waals surface area contributed by atoms with Crippen LogP contribution in [0.5, 0.6) is 0 Å². The predicted molar refractivity (Wildman–Crippen MR) is 66.7 cm³/mol. The Morgan fingerprint density at radius 1 is 1.31 bits per heavy atom. The van der Waals surface area contributed by atoms with E-state index >= 15 is 0 Å². The van der Waals surface area contributed by atoms with Crippen LogP contribution in [0.2, 0.25) is 0 Å². The Labute approximate surface area is 95.7 Å². The molecule has 0 unspecified atom stereocenters. The number of fused-ring (bicyclic) bond motifs is 1. The van der Waals surface area contributed by atoms with E-state index < -0.39 is 0 Å². The lowest BCUT2D eigenvalue weighted by atomic mass is 10.1. The SMILES string of the molecule is CCC(CC)N(C)c1ncnc2[nH]ccc12. The van der Waals surface area contributed by atoms with Crippen LogP contribution in [0, 0.1) is 0 Å². The van der Waals surface area contributed by atoms with Gasteiger partial charge in [-0.3, -0.25) is 0 Å². The first-order valence-electron chi connectivity index (χ1n) is 5.78. The molecule has 0 spiro atoms. The van der Waals surface area contributed by atoms with Gasteiger partial charge in [-0.15, -0.1) is 0 Å². The lowest BCUT2D eigenvalue weighted by molar-refractivity contribution is 0.588. The molecule has 16 heavy (non-hydrogen) atoms. The Kier molecular flexibility index (Phi) is 3.08. The van der Waals surface area contributed by atoms with Crippen LogP contribution in [0.3, 0.4) is 0 Å². The second kappa shape index (κ2) is 4.51. The van der Waals surface area contributed by atoms with Crippen molar-refractivity contribution in [3.63, 3.8) is 0 Å². The number of hydrogen-bond acceptors (Lipinski definition) is 3. The second-order valence-corrected chi connectivity index (χ2v) is 4.02. The first-order valence-corrected chi connectivity index (χ1v) is 5.78. The van der Waals surface area contributed by atoms with Gasteiger partial charge in [0.05, 0.1) is 5.39 Å². The number of rotatable bonds is 4. The van der Waals surface area contributed by atoms with Gasteiger partial charge in [0, 0.05) is 19.3 Å². The summed E-state index contributed by atoms with van der Waals surface area (Å²) in [4.78, 5) is 14.0. The Balaban J connectivity index is 2.42. The summed E-state index contributed by atoms with van der Waals surface area (Å²) < 4.78 is 0. The average Bonchev–Trinajstić information content (AvgIpc) is 2.78. The van der Waals surface area contributed by atoms with Crippen LogP contribution in [-0.4, -0.2) is 28.0 Å². The maximum Gasteiger partial charge on any atom is 0.142 e. The van der Waals surface area contributed by atoms with Crippen molar-refractivity contribution in [2.75, 3.05) is 11.9 Å². The quantitative estimate of drug-likeness (QED) is 0.857. The van der Waals surface area contributed by atoms with E-state index in [1.54, 1.807) is 6.33 Å². The van der Waals surface area contributed by atoms with Crippen molar-refractivity contribution in [2.24, 2.45) is 0 Å². The van der Waals surface area contributed by atoms with Crippen LogP contribution >= 0.6 is 0 Å². The molecule has 0 saturated carbocycles. The highest BCUT2D eigenvalue weighted by Crippen LogP contribution is 2.23. The fourth-order valence-electron chi connectivity index (χ4n) is 2.15. The zero-order valence-corrected chi connectivity index (χ0v) is 10.1. The lowest BCUT2D eigenvalue weighted by Crippen LogP contribution is -2.31. The monoisotopic (exact) mass is 218 g/mol. The van der Waals surface area contributed by atoms with E-state index in [4.69, 9.17) is 0 Å². The standard InChI is InChI=1S/C12H18N4/c1-4-9(5-2)16(3)12-10-6-7-13-11(10)14-8-15-12/h6-9H,4-5H2,1-3H3,(H,13,14,15). The summed E-state index contributed by atoms with van der Waals surface area (Å²) in [6.07, 6.45) is 5.78. The molecule has 0 saturated heterocycles. The fourth-order valence-corrected chi connectivity index (χ4v) is 2.15. The molecule has 2 heterocycles. The van der Waals surface area contributed by atoms with Crippen LogP contribution in [0.1, 0.15) is 26.7 Å². The maximum atomic E-state index is 4.39. The molecule has 0 amide bonds. The second-order valence-electron chi connectivity index (χ2n) is 4.02. The van der Waals surface area contributed by atoms with Gasteiger partial charge in [-0.25, -0.2) is 9.97 Å². The number of H-pyrrole nitrogens is 1. The number of aromatic nitrogens is 3. The van der Waals surface area contributed by atoms with Gasteiger partial charge in [-0.2, -0.15) is 0 Å². The van der Waals surface area contributed by atoms with Gasteiger partial charge >= 0.3 is 0 Å². The molecule has 0 fully saturated rings. The normalized spacial score (nSPS) is 11.2. The third-order valence-corrected chi connectivity index (χ3v) is 3.16. The topological polar surface area (TPSA) is 44.8 Å². The molecule has 1 N–H and O–H groups in total. The van der Waals surface area contributed by atoms with Crippen LogP contribution in [-0.2, 0) is 0 Å². The average molecular weight is 218 g/mol. The van der Waals surface area contributed by atoms with Gasteiger partial charge in [0.1, 0.15) is 17.8 Å². The van der Waals surface area contributed by atoms with Gasteiger partial charge in [0.15, 0.2) is 0 Å². The molecule has 0 aliphatic heterocycles. The summed E-state index contributed by atoms with van der Waals surface area (Å²) in [5.41, 5.74) is 0.905. The highest BCUT2D eigenvalue weighted by molar-refractivity contribution is 5.87. The molecule has 2 aromatic rings. The van der Waals surface area contributed by atoms with Crippen LogP contribution in [0.4, 0.5) is 5.82 Å². The molecule has 4 nitrogen and oxygen atoms in total. The molecule has 0 aliphatic rings. The van der Waals surface area contributed by atoms with Crippen molar-refractivity contribution in [1.29, 1.82) is 0 Å². The van der Waals surface area contributed by atoms with Crippen molar-refractivity contribution in [3.05, 3.63) is 18.6 Å². The molecule has 2 aromatic heterocycles. The first-order chi connectivity index (χ1) is 7.77. The van der Waals surface area contributed by atoms with E-state index in [2.05, 4.69) is 40.7 Å². The first kappa shape index (κ1) is 10.9. The van der Waals surface area contributed by atoms with E-state index in [0.717, 1.165) is 29.7 Å². The predicted octanol–water partition coefficient (Wildman–Crippen LogP) is 2.58. The highest BCUT2D eigenvalue weighted by atomic mass is 15.2. The van der Waals surface area contributed by atoms with Crippen molar-refractivity contribution >= 4 is 16.9 Å². The van der Waals surface area contributed by atoms with Crippen molar-refractivity contribution in [1.82, 2.24) is 15.0 Å². The summed E-state index contributed by atoms with van der Waals surface area (Å²) in [5.74, 6) is 1.01. The van der Waals surface area contributed by atoms with Crippen LogP contribution < -0.4 is 4.90 Å². The van der Waals surface area contributed by atoms with Crippen molar-refractivity contribution < 1.29 is 0 Å². The van der Waals surface area contributed by atoms with E-state index in [9.17, 15) is 0 Å². The van der Waals surface area contributed by atoms with Gasteiger partial charge in [0.2, 0.25) is 0 Å². The van der Waals surface area contributed by atoms with Crippen molar-refractivity contribution in [3.8, 4) is 0 Å². The molecule has 4 heteroatoms. The summed E-state index contributed by atoms with van der Waals surface area (Å²) in [5, 5.41) is 1.09. The molecule has 0 radical (unpaired) electrons. The highest BCUT2D eigenvalue weighted by Gasteiger charge is 2.15. The Morgan fingerprint density at radius 3 is 2.75 bits per heavy atom. The largest absolute Gasteiger partial charge is 0.356 e. The van der Waals surface area contributed by atoms with E-state index in [1.165, 1.54) is 0 Å². The number of aromatic amines is 1. The van der Waals surface area contributed by atoms with Crippen LogP contribution in [0.25, 0.3) is 11.0 Å². The summed E-state index contributed by atoms with van der Waals surface area (Å²) >= 11 is 0. The minimum Gasteiger partial charge on any atom is -0.356 e. The molecule has 86 valence electrons. The minimum absolute atomic E-state index is 0.535. The Hall–Kier alpha value is -1.58. The fraction of sp³-hybridized carbons (Fsp3) is 0.500. The minimum atomic E-state index is 0.535. The smallest absolute Gasteiger partial charge is 0.142 e. The number of nitrogens with one attached hydrogen (secondary N) is 1. The molecule has 2 rings (SSSR count). The summed E-state index contributed by atoms with van der Waals surface area (Å²) in [7, 11) is 2.10. The number of hydrogen-bond donors (Lipinski definition) is 1. The molecule has 0 atom stereocenters. The molecule has 0 aromatic carbocycles. The molecule has 0 aliphatic carbocycles. The summed E-state index contributed by atoms with van der Waals surface area (Å²) in [6, 6.07) is 2.57. The number of anilines is 1. The third kappa shape index (κ3) is 1.75. The zero-order chi connectivity index (χ0) is 11.5. The lowest BCUT2D eigenvalue weighted by Gasteiger charge is -2.27. The number of nitrogens with zero attached hydrogens (tertiary/aromatic N) is 3. The molecular weight excluding hydrogens is 200 g/mol. The van der Waals surface area contributed by atoms with Gasteiger partial charge in [-0.05, 0) is 18.9 Å². The van der Waals surface area contributed by atoms with Gasteiger partial charge in [-0.1, -0.05) is 13.8 Å². The van der Waals surface area contributed by atoms with Gasteiger partial charge < -0.3 is 9.88 Å². The van der Waals surface area contributed by atoms with Crippen LogP contribution in [0.15, 0.2) is 18.6 Å². The van der Waals surface area contributed by atoms with E-state index in [1.807, 2.05) is 12.3 Å². The van der Waals surface area contributed by atoms with Crippen molar-refractivity contribution in [2.45, 2.75) is 32.7 Å². The zero-order valence-electron chi connectivity index (χ0n) is 10.1. The molecule has 0 bridgehead atoms. The Morgan fingerprint density at radius 2 is 2.06 bits per heavy atom. The Bertz CT molecular complexity index is 459. The third-order valence-electron chi connectivity index (χ3n) is 3.16. The summed E-state index contributed by atoms with van der Waals surface area (Å²) in [6.45, 7) is 4.42. The van der Waals surface area contributed by atoms with E-state index in [0.29, 0.717) is 6.04 Å². The maximum absolute atomic E-state index is 4.39. The molecular formula is C12H18N4. The van der Waals surface area contributed by atoms with Gasteiger partial charge in [0.25, 0.3) is 0 Å².